The van der Waals surface area contributed by atoms with Crippen molar-refractivity contribution in [2.24, 2.45) is 15.7 Å². The number of piperidine rings is 1. The van der Waals surface area contributed by atoms with Crippen molar-refractivity contribution >= 4 is 12.2 Å². The first kappa shape index (κ1) is 12.2. The Labute approximate surface area is 92.3 Å². The van der Waals surface area contributed by atoms with Gasteiger partial charge in [-0.2, -0.15) is 0 Å². The maximum Gasteiger partial charge on any atom is 0.219 e. The highest BCUT2D eigenvalue weighted by Crippen LogP contribution is 2.09. The molecule has 0 aromatic heterocycles. The minimum absolute atomic E-state index is 0.360. The maximum atomic E-state index is 5.86. The van der Waals surface area contributed by atoms with Gasteiger partial charge in [0, 0.05) is 32.4 Å². The molecule has 2 N–H and O–H groups in total. The van der Waals surface area contributed by atoms with Crippen molar-refractivity contribution in [1.29, 1.82) is 0 Å². The van der Waals surface area contributed by atoms with Crippen molar-refractivity contribution in [3.8, 4) is 0 Å². The predicted octanol–water partition coefficient (Wildman–Crippen LogP) is 1.27. The van der Waals surface area contributed by atoms with Crippen LogP contribution in [0.5, 0.6) is 0 Å². The Hall–Kier alpha value is -0.900. The summed E-state index contributed by atoms with van der Waals surface area (Å²) >= 11 is 0. The van der Waals surface area contributed by atoms with Gasteiger partial charge in [-0.05, 0) is 19.3 Å². The third-order valence-corrected chi connectivity index (χ3v) is 2.65. The first-order valence-corrected chi connectivity index (χ1v) is 5.77. The molecule has 0 radical (unpaired) electrons. The maximum absolute atomic E-state index is 5.86. The van der Waals surface area contributed by atoms with Crippen LogP contribution in [-0.2, 0) is 0 Å². The van der Waals surface area contributed by atoms with Crippen molar-refractivity contribution in [2.45, 2.75) is 38.6 Å². The van der Waals surface area contributed by atoms with E-state index in [4.69, 9.17) is 5.73 Å². The van der Waals surface area contributed by atoms with Crippen LogP contribution in [0, 0.1) is 0 Å². The summed E-state index contributed by atoms with van der Waals surface area (Å²) < 4.78 is 0. The molecule has 1 heterocycles. The van der Waals surface area contributed by atoms with Crippen LogP contribution in [0.4, 0.5) is 0 Å². The Kier molecular flexibility index (Phi) is 5.32. The lowest BCUT2D eigenvalue weighted by Crippen LogP contribution is -2.42. The highest BCUT2D eigenvalue weighted by molar-refractivity contribution is 5.87. The third-order valence-electron chi connectivity index (χ3n) is 2.65. The summed E-state index contributed by atoms with van der Waals surface area (Å²) in [5.74, 6) is 0.857. The third kappa shape index (κ3) is 4.00. The smallest absolute Gasteiger partial charge is 0.219 e. The van der Waals surface area contributed by atoms with Gasteiger partial charge in [0.25, 0.3) is 0 Å². The normalized spacial score (nSPS) is 20.2. The van der Waals surface area contributed by atoms with Crippen LogP contribution in [-0.4, -0.2) is 43.3 Å². The number of likely N-dealkylation sites (tertiary alicyclic amines) is 1. The quantitative estimate of drug-likeness (QED) is 0.551. The second-order valence-electron chi connectivity index (χ2n) is 3.95. The molecule has 0 saturated carbocycles. The summed E-state index contributed by atoms with van der Waals surface area (Å²) in [7, 11) is 1.80. The lowest BCUT2D eigenvalue weighted by molar-refractivity contribution is 0.311. The van der Waals surface area contributed by atoms with E-state index in [-0.39, 0.29) is 0 Å². The summed E-state index contributed by atoms with van der Waals surface area (Å²) in [6.07, 6.45) is 6.19. The van der Waals surface area contributed by atoms with Gasteiger partial charge in [-0.25, -0.2) is 4.99 Å². The van der Waals surface area contributed by atoms with E-state index in [1.165, 1.54) is 0 Å². The van der Waals surface area contributed by atoms with E-state index >= 15 is 0 Å². The molecule has 1 saturated heterocycles. The van der Waals surface area contributed by atoms with E-state index in [0.717, 1.165) is 44.7 Å². The number of rotatable bonds is 2. The van der Waals surface area contributed by atoms with Gasteiger partial charge in [0.1, 0.15) is 0 Å². The number of nitrogens with zero attached hydrogens (tertiary/aromatic N) is 3. The Morgan fingerprint density at radius 2 is 2.13 bits per heavy atom. The molecule has 0 atom stereocenters. The fourth-order valence-corrected chi connectivity index (χ4v) is 1.66. The molecule has 4 heteroatoms. The zero-order valence-corrected chi connectivity index (χ0v) is 9.82. The molecular formula is C11H22N4. The van der Waals surface area contributed by atoms with E-state index in [1.807, 2.05) is 6.21 Å². The van der Waals surface area contributed by atoms with Crippen LogP contribution >= 0.6 is 0 Å². The minimum Gasteiger partial charge on any atom is -0.341 e. The van der Waals surface area contributed by atoms with Gasteiger partial charge in [-0.15, -0.1) is 0 Å². The highest BCUT2D eigenvalue weighted by atomic mass is 15.3. The first-order valence-electron chi connectivity index (χ1n) is 5.77. The number of aliphatic imine (C=N–C) groups is 2. The number of hydrogen-bond donors (Lipinski definition) is 1. The number of guanidine groups is 1. The molecule has 0 unspecified atom stereocenters. The van der Waals surface area contributed by atoms with Crippen LogP contribution in [0.2, 0.25) is 0 Å². The summed E-state index contributed by atoms with van der Waals surface area (Å²) in [6.45, 7) is 4.11. The first-order chi connectivity index (χ1) is 7.27. The molecule has 1 aliphatic heterocycles. The molecule has 0 bridgehead atoms. The SMILES string of the molecule is CCCC=NC(=NC)N1CCC(N)CC1. The molecule has 0 aromatic carbocycles. The van der Waals surface area contributed by atoms with E-state index < -0.39 is 0 Å². The van der Waals surface area contributed by atoms with Crippen LogP contribution in [0.3, 0.4) is 0 Å². The van der Waals surface area contributed by atoms with Gasteiger partial charge in [-0.3, -0.25) is 4.99 Å². The predicted molar refractivity (Wildman–Crippen MR) is 65.5 cm³/mol. The molecule has 1 rings (SSSR count). The molecule has 86 valence electrons. The zero-order chi connectivity index (χ0) is 11.1. The van der Waals surface area contributed by atoms with Gasteiger partial charge in [0.2, 0.25) is 5.96 Å². The van der Waals surface area contributed by atoms with Crippen LogP contribution in [0.1, 0.15) is 32.6 Å². The lowest BCUT2D eigenvalue weighted by Gasteiger charge is -2.30. The highest BCUT2D eigenvalue weighted by Gasteiger charge is 2.17. The zero-order valence-electron chi connectivity index (χ0n) is 9.82. The van der Waals surface area contributed by atoms with Gasteiger partial charge in [-0.1, -0.05) is 13.3 Å². The Balaban J connectivity index is 2.45. The number of unbranched alkanes of at least 4 members (excludes halogenated alkanes) is 1. The fourth-order valence-electron chi connectivity index (χ4n) is 1.66. The topological polar surface area (TPSA) is 54.0 Å². The largest absolute Gasteiger partial charge is 0.341 e. The van der Waals surface area contributed by atoms with Crippen LogP contribution in [0.15, 0.2) is 9.98 Å². The second kappa shape index (κ2) is 6.56. The molecule has 15 heavy (non-hydrogen) atoms. The van der Waals surface area contributed by atoms with Gasteiger partial charge in [0.15, 0.2) is 0 Å². The standard InChI is InChI=1S/C11H22N4/c1-3-4-7-14-11(13-2)15-8-5-10(12)6-9-15/h7,10H,3-6,8-9,12H2,1-2H3. The summed E-state index contributed by atoms with van der Waals surface area (Å²) in [6, 6.07) is 0.360. The van der Waals surface area contributed by atoms with E-state index in [2.05, 4.69) is 21.8 Å². The molecule has 1 aliphatic rings. The van der Waals surface area contributed by atoms with Gasteiger partial charge < -0.3 is 10.6 Å². The molecule has 0 aromatic rings. The summed E-state index contributed by atoms with van der Waals surface area (Å²) in [4.78, 5) is 10.8. The monoisotopic (exact) mass is 210 g/mol. The van der Waals surface area contributed by atoms with E-state index in [9.17, 15) is 0 Å². The number of nitrogens with two attached hydrogens (primary N) is 1. The minimum atomic E-state index is 0.360. The van der Waals surface area contributed by atoms with Gasteiger partial charge >= 0.3 is 0 Å². The van der Waals surface area contributed by atoms with E-state index in [1.54, 1.807) is 7.05 Å². The van der Waals surface area contributed by atoms with Crippen molar-refractivity contribution in [1.82, 2.24) is 4.90 Å². The summed E-state index contributed by atoms with van der Waals surface area (Å²) in [5, 5.41) is 0. The lowest BCUT2D eigenvalue weighted by atomic mass is 10.1. The van der Waals surface area contributed by atoms with E-state index in [0.29, 0.717) is 6.04 Å². The number of hydrogen-bond acceptors (Lipinski definition) is 2. The molecular weight excluding hydrogens is 188 g/mol. The van der Waals surface area contributed by atoms with Crippen LogP contribution < -0.4 is 5.73 Å². The summed E-state index contributed by atoms with van der Waals surface area (Å²) in [5.41, 5.74) is 5.86. The van der Waals surface area contributed by atoms with Gasteiger partial charge in [0.05, 0.1) is 0 Å². The Morgan fingerprint density at radius 3 is 2.67 bits per heavy atom. The Bertz CT molecular complexity index is 227. The average Bonchev–Trinajstić information content (AvgIpc) is 2.26. The van der Waals surface area contributed by atoms with Crippen molar-refractivity contribution in [2.75, 3.05) is 20.1 Å². The molecule has 1 fully saturated rings. The van der Waals surface area contributed by atoms with Crippen molar-refractivity contribution in [3.63, 3.8) is 0 Å². The average molecular weight is 210 g/mol. The molecule has 0 spiro atoms. The molecule has 0 amide bonds. The van der Waals surface area contributed by atoms with Crippen molar-refractivity contribution in [3.05, 3.63) is 0 Å². The van der Waals surface area contributed by atoms with Crippen LogP contribution in [0.25, 0.3) is 0 Å². The second-order valence-corrected chi connectivity index (χ2v) is 3.95. The van der Waals surface area contributed by atoms with Crippen molar-refractivity contribution < 1.29 is 0 Å². The Morgan fingerprint density at radius 1 is 1.47 bits per heavy atom. The molecule has 4 nitrogen and oxygen atoms in total. The fraction of sp³-hybridized carbons (Fsp3) is 0.818. The molecule has 0 aliphatic carbocycles.